The number of rotatable bonds is 7. The van der Waals surface area contributed by atoms with Gasteiger partial charge in [0.2, 0.25) is 0 Å². The fraction of sp³-hybridized carbons (Fsp3) is 0.667. The Balaban J connectivity index is 3.50. The van der Waals surface area contributed by atoms with Crippen LogP contribution in [0.15, 0.2) is 11.6 Å². The molecule has 0 aromatic carbocycles. The standard InChI is InChI=1S/C9H15NO3/c1-11-7-9(6-10)4-3-5-13-8-12-2/h4H,3,5,7-8H2,1-2H3/b9-4-. The van der Waals surface area contributed by atoms with Crippen molar-refractivity contribution in [3.05, 3.63) is 11.6 Å². The van der Waals surface area contributed by atoms with Crippen molar-refractivity contribution < 1.29 is 14.2 Å². The van der Waals surface area contributed by atoms with Crippen molar-refractivity contribution in [3.8, 4) is 6.07 Å². The SMILES string of the molecule is COCOCC/C=C(/C#N)COC. The maximum absolute atomic E-state index is 8.60. The molecular formula is C9H15NO3. The van der Waals surface area contributed by atoms with Gasteiger partial charge < -0.3 is 14.2 Å². The van der Waals surface area contributed by atoms with Gasteiger partial charge in [0, 0.05) is 14.2 Å². The van der Waals surface area contributed by atoms with Gasteiger partial charge in [-0.2, -0.15) is 5.26 Å². The van der Waals surface area contributed by atoms with Crippen LogP contribution in [0.25, 0.3) is 0 Å². The van der Waals surface area contributed by atoms with E-state index in [-0.39, 0.29) is 0 Å². The highest BCUT2D eigenvalue weighted by Gasteiger charge is 1.92. The normalized spacial score (nSPS) is 11.3. The first-order chi connectivity index (χ1) is 6.35. The van der Waals surface area contributed by atoms with Crippen molar-refractivity contribution in [2.75, 3.05) is 34.2 Å². The van der Waals surface area contributed by atoms with Crippen molar-refractivity contribution in [2.24, 2.45) is 0 Å². The predicted molar refractivity (Wildman–Crippen MR) is 48.0 cm³/mol. The average Bonchev–Trinajstić information content (AvgIpc) is 2.16. The van der Waals surface area contributed by atoms with E-state index < -0.39 is 0 Å². The summed E-state index contributed by atoms with van der Waals surface area (Å²) in [5.41, 5.74) is 0.628. The molecule has 0 fully saturated rings. The Morgan fingerprint density at radius 2 is 2.15 bits per heavy atom. The summed E-state index contributed by atoms with van der Waals surface area (Å²) in [4.78, 5) is 0. The summed E-state index contributed by atoms with van der Waals surface area (Å²) in [5.74, 6) is 0. The fourth-order valence-corrected chi connectivity index (χ4v) is 0.751. The summed E-state index contributed by atoms with van der Waals surface area (Å²) in [6, 6.07) is 2.04. The van der Waals surface area contributed by atoms with E-state index in [1.165, 1.54) is 0 Å². The second-order valence-electron chi connectivity index (χ2n) is 2.38. The van der Waals surface area contributed by atoms with Gasteiger partial charge in [-0.05, 0) is 6.42 Å². The molecule has 0 atom stereocenters. The molecule has 4 nitrogen and oxygen atoms in total. The second-order valence-corrected chi connectivity index (χ2v) is 2.38. The number of hydrogen-bond acceptors (Lipinski definition) is 4. The molecule has 0 rings (SSSR count). The molecule has 0 aliphatic rings. The molecule has 0 N–H and O–H groups in total. The Labute approximate surface area is 78.7 Å². The third-order valence-electron chi connectivity index (χ3n) is 1.30. The summed E-state index contributed by atoms with van der Waals surface area (Å²) in [5, 5.41) is 8.60. The summed E-state index contributed by atoms with van der Waals surface area (Å²) in [7, 11) is 3.13. The number of hydrogen-bond donors (Lipinski definition) is 0. The Hall–Kier alpha value is -0.890. The van der Waals surface area contributed by atoms with Crippen LogP contribution in [0.2, 0.25) is 0 Å². The van der Waals surface area contributed by atoms with Crippen molar-refractivity contribution in [1.29, 1.82) is 5.26 Å². The van der Waals surface area contributed by atoms with E-state index in [0.717, 1.165) is 0 Å². The molecule has 0 heterocycles. The lowest BCUT2D eigenvalue weighted by Crippen LogP contribution is -1.98. The van der Waals surface area contributed by atoms with E-state index in [9.17, 15) is 0 Å². The van der Waals surface area contributed by atoms with Crippen molar-refractivity contribution >= 4 is 0 Å². The third kappa shape index (κ3) is 7.47. The molecule has 0 aromatic heterocycles. The van der Waals surface area contributed by atoms with Gasteiger partial charge in [-0.3, -0.25) is 0 Å². The van der Waals surface area contributed by atoms with Crippen LogP contribution in [0.3, 0.4) is 0 Å². The minimum absolute atomic E-state index is 0.292. The first kappa shape index (κ1) is 12.1. The minimum Gasteiger partial charge on any atom is -0.379 e. The molecule has 0 amide bonds. The van der Waals surface area contributed by atoms with Gasteiger partial charge in [0.1, 0.15) is 6.79 Å². The highest BCUT2D eigenvalue weighted by molar-refractivity contribution is 5.20. The van der Waals surface area contributed by atoms with Gasteiger partial charge in [0.05, 0.1) is 24.9 Å². The van der Waals surface area contributed by atoms with E-state index in [1.807, 2.05) is 6.07 Å². The summed E-state index contributed by atoms with van der Waals surface area (Å²) < 4.78 is 14.5. The first-order valence-corrected chi connectivity index (χ1v) is 4.00. The largest absolute Gasteiger partial charge is 0.379 e. The highest BCUT2D eigenvalue weighted by Crippen LogP contribution is 1.96. The summed E-state index contributed by atoms with van der Waals surface area (Å²) in [6.45, 7) is 1.21. The molecule has 0 aliphatic heterocycles. The van der Waals surface area contributed by atoms with Gasteiger partial charge in [-0.15, -0.1) is 0 Å². The first-order valence-electron chi connectivity index (χ1n) is 4.00. The smallest absolute Gasteiger partial charge is 0.146 e. The van der Waals surface area contributed by atoms with Crippen LogP contribution >= 0.6 is 0 Å². The molecule has 74 valence electrons. The van der Waals surface area contributed by atoms with Gasteiger partial charge in [0.25, 0.3) is 0 Å². The predicted octanol–water partition coefficient (Wildman–Crippen LogP) is 1.09. The zero-order valence-electron chi connectivity index (χ0n) is 8.08. The molecule has 0 aromatic rings. The molecule has 4 heteroatoms. The lowest BCUT2D eigenvalue weighted by molar-refractivity contribution is -0.0286. The van der Waals surface area contributed by atoms with Gasteiger partial charge in [-0.1, -0.05) is 6.08 Å². The molecule has 0 radical (unpaired) electrons. The van der Waals surface area contributed by atoms with Gasteiger partial charge in [0.15, 0.2) is 0 Å². The zero-order chi connectivity index (χ0) is 9.94. The molecule has 0 saturated heterocycles. The third-order valence-corrected chi connectivity index (χ3v) is 1.30. The maximum Gasteiger partial charge on any atom is 0.146 e. The monoisotopic (exact) mass is 185 g/mol. The van der Waals surface area contributed by atoms with E-state index in [2.05, 4.69) is 0 Å². The summed E-state index contributed by atoms with van der Waals surface area (Å²) >= 11 is 0. The number of nitriles is 1. The molecule has 0 aliphatic carbocycles. The van der Waals surface area contributed by atoms with Crippen LogP contribution in [0.5, 0.6) is 0 Å². The maximum atomic E-state index is 8.60. The van der Waals surface area contributed by atoms with Crippen LogP contribution in [0.4, 0.5) is 0 Å². The Morgan fingerprint density at radius 3 is 2.69 bits per heavy atom. The van der Waals surface area contributed by atoms with Crippen molar-refractivity contribution in [3.63, 3.8) is 0 Å². The highest BCUT2D eigenvalue weighted by atomic mass is 16.7. The lowest BCUT2D eigenvalue weighted by Gasteiger charge is -1.99. The van der Waals surface area contributed by atoms with Crippen LogP contribution < -0.4 is 0 Å². The Bertz CT molecular complexity index is 184. The average molecular weight is 185 g/mol. The van der Waals surface area contributed by atoms with E-state index in [0.29, 0.717) is 32.0 Å². The van der Waals surface area contributed by atoms with E-state index in [1.54, 1.807) is 20.3 Å². The van der Waals surface area contributed by atoms with Crippen LogP contribution in [0.1, 0.15) is 6.42 Å². The lowest BCUT2D eigenvalue weighted by atomic mass is 10.2. The molecular weight excluding hydrogens is 170 g/mol. The topological polar surface area (TPSA) is 51.5 Å². The molecule has 0 spiro atoms. The van der Waals surface area contributed by atoms with Crippen molar-refractivity contribution in [2.45, 2.75) is 6.42 Å². The number of methoxy groups -OCH3 is 2. The summed E-state index contributed by atoms with van der Waals surface area (Å²) in [6.07, 6.45) is 2.51. The van der Waals surface area contributed by atoms with Crippen LogP contribution in [-0.2, 0) is 14.2 Å². The van der Waals surface area contributed by atoms with Crippen molar-refractivity contribution in [1.82, 2.24) is 0 Å². The quantitative estimate of drug-likeness (QED) is 0.338. The Morgan fingerprint density at radius 1 is 1.38 bits per heavy atom. The minimum atomic E-state index is 0.292. The second kappa shape index (κ2) is 9.20. The molecule has 0 unspecified atom stereocenters. The number of nitrogens with zero attached hydrogens (tertiary/aromatic N) is 1. The number of ether oxygens (including phenoxy) is 3. The van der Waals surface area contributed by atoms with E-state index in [4.69, 9.17) is 19.5 Å². The van der Waals surface area contributed by atoms with Gasteiger partial charge in [-0.25, -0.2) is 0 Å². The fourth-order valence-electron chi connectivity index (χ4n) is 0.751. The Kier molecular flexibility index (Phi) is 8.57. The van der Waals surface area contributed by atoms with E-state index >= 15 is 0 Å². The van der Waals surface area contributed by atoms with Gasteiger partial charge >= 0.3 is 0 Å². The zero-order valence-corrected chi connectivity index (χ0v) is 8.08. The molecule has 0 bridgehead atoms. The molecule has 13 heavy (non-hydrogen) atoms. The van der Waals surface area contributed by atoms with Crippen LogP contribution in [0, 0.1) is 11.3 Å². The molecule has 0 saturated carbocycles. The van der Waals surface area contributed by atoms with Crippen LogP contribution in [-0.4, -0.2) is 34.2 Å².